The van der Waals surface area contributed by atoms with Gasteiger partial charge in [-0.05, 0) is 36.8 Å². The van der Waals surface area contributed by atoms with Crippen molar-refractivity contribution in [3.05, 3.63) is 42.2 Å². The van der Waals surface area contributed by atoms with E-state index in [4.69, 9.17) is 0 Å². The Kier molecular flexibility index (Phi) is 4.21. The first-order chi connectivity index (χ1) is 10.2. The molecule has 6 nitrogen and oxygen atoms in total. The van der Waals surface area contributed by atoms with Crippen LogP contribution in [0.25, 0.3) is 0 Å². The van der Waals surface area contributed by atoms with Crippen molar-refractivity contribution < 1.29 is 9.59 Å². The van der Waals surface area contributed by atoms with Crippen LogP contribution in [0.4, 0.5) is 4.79 Å². The molecule has 3 rings (SSSR count). The van der Waals surface area contributed by atoms with Gasteiger partial charge >= 0.3 is 6.03 Å². The van der Waals surface area contributed by atoms with Crippen molar-refractivity contribution in [1.29, 1.82) is 0 Å². The third-order valence-corrected chi connectivity index (χ3v) is 4.38. The summed E-state index contributed by atoms with van der Waals surface area (Å²) >= 11 is 0.794. The van der Waals surface area contributed by atoms with Crippen molar-refractivity contribution in [3.8, 4) is 0 Å². The molecule has 2 bridgehead atoms. The van der Waals surface area contributed by atoms with Gasteiger partial charge in [0, 0.05) is 24.2 Å². The van der Waals surface area contributed by atoms with Crippen molar-refractivity contribution >= 4 is 23.1 Å². The number of nitrogens with one attached hydrogen (secondary N) is 3. The Labute approximate surface area is 126 Å². The average molecular weight is 304 g/mol. The quantitative estimate of drug-likeness (QED) is 0.447. The molecule has 7 heteroatoms. The number of carbonyl (C=O) groups is 2. The number of hydrogen-bond donors (Lipinski definition) is 3. The van der Waals surface area contributed by atoms with Gasteiger partial charge < -0.3 is 5.32 Å². The van der Waals surface area contributed by atoms with Gasteiger partial charge in [-0.1, -0.05) is 18.2 Å². The maximum absolute atomic E-state index is 11.7. The number of amides is 2. The van der Waals surface area contributed by atoms with E-state index in [0.29, 0.717) is 17.5 Å². The lowest BCUT2D eigenvalue weighted by atomic mass is 10.0. The monoisotopic (exact) mass is 304 g/mol. The van der Waals surface area contributed by atoms with E-state index in [1.807, 2.05) is 0 Å². The van der Waals surface area contributed by atoms with E-state index in [9.17, 15) is 9.59 Å². The maximum atomic E-state index is 11.7. The second kappa shape index (κ2) is 6.28. The SMILES string of the molecule is O=C(NNSC(=O)c1ccccn1)NC1CC2C=CC1C2. The number of carbonyl (C=O) groups excluding carboxylic acids is 2. The fourth-order valence-corrected chi connectivity index (χ4v) is 3.27. The van der Waals surface area contributed by atoms with E-state index in [1.165, 1.54) is 0 Å². The van der Waals surface area contributed by atoms with Crippen LogP contribution in [0.2, 0.25) is 0 Å². The van der Waals surface area contributed by atoms with Crippen molar-refractivity contribution in [1.82, 2.24) is 20.6 Å². The predicted octanol–water partition coefficient (Wildman–Crippen LogP) is 1.64. The van der Waals surface area contributed by atoms with Gasteiger partial charge in [0.15, 0.2) is 0 Å². The minimum absolute atomic E-state index is 0.193. The Hall–Kier alpha value is -1.86. The van der Waals surface area contributed by atoms with Crippen molar-refractivity contribution in [3.63, 3.8) is 0 Å². The van der Waals surface area contributed by atoms with E-state index in [-0.39, 0.29) is 17.2 Å². The largest absolute Gasteiger partial charge is 0.334 e. The fraction of sp³-hybridized carbons (Fsp3) is 0.357. The molecule has 1 saturated carbocycles. The molecule has 1 aromatic rings. The van der Waals surface area contributed by atoms with Crippen LogP contribution in [-0.2, 0) is 0 Å². The Balaban J connectivity index is 1.38. The Morgan fingerprint density at radius 3 is 2.81 bits per heavy atom. The zero-order valence-corrected chi connectivity index (χ0v) is 12.1. The number of aromatic nitrogens is 1. The third-order valence-electron chi connectivity index (χ3n) is 3.78. The standard InChI is InChI=1S/C14H16N4O2S/c19-13(11-3-1-2-6-15-11)21-18-17-14(20)16-12-8-9-4-5-10(12)7-9/h1-6,9-10,12,18H,7-8H2,(H2,16,17,20). The number of hydrazine groups is 1. The molecule has 0 radical (unpaired) electrons. The number of fused-ring (bicyclic) bond motifs is 2. The topological polar surface area (TPSA) is 83.1 Å². The summed E-state index contributed by atoms with van der Waals surface area (Å²) in [5.74, 6) is 1.05. The number of urea groups is 1. The van der Waals surface area contributed by atoms with Crippen LogP contribution in [-0.4, -0.2) is 22.2 Å². The highest BCUT2D eigenvalue weighted by atomic mass is 32.2. The second-order valence-corrected chi connectivity index (χ2v) is 5.97. The van der Waals surface area contributed by atoms with Crippen LogP contribution < -0.4 is 15.6 Å². The van der Waals surface area contributed by atoms with Crippen molar-refractivity contribution in [2.45, 2.75) is 18.9 Å². The fourth-order valence-electron chi connectivity index (χ4n) is 2.81. The molecule has 2 amide bonds. The molecule has 3 N–H and O–H groups in total. The molecular weight excluding hydrogens is 288 g/mol. The molecule has 1 fully saturated rings. The second-order valence-electron chi connectivity index (χ2n) is 5.19. The van der Waals surface area contributed by atoms with E-state index < -0.39 is 0 Å². The van der Waals surface area contributed by atoms with Crippen LogP contribution in [0.15, 0.2) is 36.5 Å². The molecule has 0 saturated heterocycles. The molecule has 3 atom stereocenters. The number of nitrogens with zero attached hydrogens (tertiary/aromatic N) is 1. The first-order valence-electron chi connectivity index (χ1n) is 6.84. The Bertz CT molecular complexity index is 563. The summed E-state index contributed by atoms with van der Waals surface area (Å²) in [7, 11) is 0. The van der Waals surface area contributed by atoms with Crippen LogP contribution in [0.5, 0.6) is 0 Å². The molecular formula is C14H16N4O2S. The zero-order chi connectivity index (χ0) is 14.7. The van der Waals surface area contributed by atoms with Gasteiger partial charge in [0.2, 0.25) is 0 Å². The van der Waals surface area contributed by atoms with Gasteiger partial charge in [-0.2, -0.15) is 4.83 Å². The molecule has 1 aromatic heterocycles. The van der Waals surface area contributed by atoms with Crippen LogP contribution >= 0.6 is 11.9 Å². The summed E-state index contributed by atoms with van der Waals surface area (Å²) in [6, 6.07) is 4.98. The summed E-state index contributed by atoms with van der Waals surface area (Å²) in [5, 5.41) is 2.67. The number of rotatable bonds is 4. The first kappa shape index (κ1) is 14.1. The summed E-state index contributed by atoms with van der Waals surface area (Å²) in [4.78, 5) is 30.0. The third kappa shape index (κ3) is 3.43. The molecule has 0 aliphatic heterocycles. The summed E-state index contributed by atoms with van der Waals surface area (Å²) < 4.78 is 0. The lowest BCUT2D eigenvalue weighted by Crippen LogP contribution is -2.47. The lowest BCUT2D eigenvalue weighted by molar-refractivity contribution is 0.108. The van der Waals surface area contributed by atoms with E-state index in [2.05, 4.69) is 32.7 Å². The van der Waals surface area contributed by atoms with Gasteiger partial charge in [-0.25, -0.2) is 4.79 Å². The summed E-state index contributed by atoms with van der Waals surface area (Å²) in [6.45, 7) is 0. The van der Waals surface area contributed by atoms with Gasteiger partial charge in [-0.15, -0.1) is 0 Å². The minimum atomic E-state index is -0.317. The molecule has 0 spiro atoms. The van der Waals surface area contributed by atoms with E-state index >= 15 is 0 Å². The van der Waals surface area contributed by atoms with Gasteiger partial charge in [0.05, 0.1) is 0 Å². The minimum Gasteiger partial charge on any atom is -0.334 e. The molecule has 2 aliphatic rings. The van der Waals surface area contributed by atoms with Gasteiger partial charge in [0.1, 0.15) is 5.69 Å². The van der Waals surface area contributed by atoms with Crippen molar-refractivity contribution in [2.75, 3.05) is 0 Å². The smallest absolute Gasteiger partial charge is 0.330 e. The number of allylic oxidation sites excluding steroid dienone is 1. The maximum Gasteiger partial charge on any atom is 0.330 e. The van der Waals surface area contributed by atoms with Gasteiger partial charge in [0.25, 0.3) is 5.12 Å². The lowest BCUT2D eigenvalue weighted by Gasteiger charge is -2.19. The highest BCUT2D eigenvalue weighted by Gasteiger charge is 2.36. The van der Waals surface area contributed by atoms with Crippen molar-refractivity contribution in [2.24, 2.45) is 11.8 Å². The predicted molar refractivity (Wildman–Crippen MR) is 80.1 cm³/mol. The zero-order valence-electron chi connectivity index (χ0n) is 11.3. The van der Waals surface area contributed by atoms with Gasteiger partial charge in [-0.3, -0.25) is 15.2 Å². The molecule has 3 unspecified atom stereocenters. The summed E-state index contributed by atoms with van der Waals surface area (Å²) in [5.41, 5.74) is 2.80. The summed E-state index contributed by atoms with van der Waals surface area (Å²) in [6.07, 6.45) is 8.07. The number of pyridine rings is 1. The number of hydrogen-bond acceptors (Lipinski definition) is 5. The molecule has 0 aromatic carbocycles. The average Bonchev–Trinajstić information content (AvgIpc) is 3.10. The Morgan fingerprint density at radius 2 is 2.14 bits per heavy atom. The van der Waals surface area contributed by atoms with E-state index in [1.54, 1.807) is 24.4 Å². The van der Waals surface area contributed by atoms with Crippen LogP contribution in [0.1, 0.15) is 23.3 Å². The molecule has 1 heterocycles. The highest BCUT2D eigenvalue weighted by molar-refractivity contribution is 8.12. The highest BCUT2D eigenvalue weighted by Crippen LogP contribution is 2.38. The molecule has 21 heavy (non-hydrogen) atoms. The molecule has 2 aliphatic carbocycles. The molecule has 110 valence electrons. The van der Waals surface area contributed by atoms with Crippen LogP contribution in [0.3, 0.4) is 0 Å². The van der Waals surface area contributed by atoms with Crippen LogP contribution in [0, 0.1) is 11.8 Å². The van der Waals surface area contributed by atoms with E-state index in [0.717, 1.165) is 24.8 Å². The first-order valence-corrected chi connectivity index (χ1v) is 7.66. The Morgan fingerprint density at radius 1 is 1.24 bits per heavy atom. The normalized spacial score (nSPS) is 25.8.